The van der Waals surface area contributed by atoms with Gasteiger partial charge in [0, 0.05) is 20.1 Å². The number of carbonyl (C=O) groups excluding carboxylic acids is 1. The number of fused-ring (bicyclic) bond motifs is 1. The molecule has 3 rings (SSSR count). The SMILES string of the molecule is CN1CCN(CC(=O)NC2(C#N)CCCC2)c2ccccc21. The third kappa shape index (κ3) is 2.74. The van der Waals surface area contributed by atoms with Crippen molar-refractivity contribution in [1.82, 2.24) is 5.32 Å². The van der Waals surface area contributed by atoms with Gasteiger partial charge in [-0.15, -0.1) is 0 Å². The van der Waals surface area contributed by atoms with Gasteiger partial charge in [0.2, 0.25) is 5.91 Å². The van der Waals surface area contributed by atoms with Gasteiger partial charge in [-0.25, -0.2) is 0 Å². The molecule has 1 aromatic rings. The monoisotopic (exact) mass is 298 g/mol. The number of hydrogen-bond donors (Lipinski definition) is 1. The molecule has 0 radical (unpaired) electrons. The summed E-state index contributed by atoms with van der Waals surface area (Å²) in [5, 5.41) is 12.4. The maximum Gasteiger partial charge on any atom is 0.240 e. The van der Waals surface area contributed by atoms with E-state index in [9.17, 15) is 10.1 Å². The van der Waals surface area contributed by atoms with Gasteiger partial charge in [0.1, 0.15) is 5.54 Å². The Bertz CT molecular complexity index is 601. The van der Waals surface area contributed by atoms with Gasteiger partial charge in [-0.3, -0.25) is 4.79 Å². The summed E-state index contributed by atoms with van der Waals surface area (Å²) >= 11 is 0. The summed E-state index contributed by atoms with van der Waals surface area (Å²) in [5.74, 6) is -0.0530. The van der Waals surface area contributed by atoms with Crippen molar-refractivity contribution >= 4 is 17.3 Å². The van der Waals surface area contributed by atoms with Crippen LogP contribution in [-0.2, 0) is 4.79 Å². The normalized spacial score (nSPS) is 19.5. The van der Waals surface area contributed by atoms with Crippen molar-refractivity contribution in [3.63, 3.8) is 0 Å². The molecule has 1 fully saturated rings. The minimum atomic E-state index is -0.636. The maximum absolute atomic E-state index is 12.4. The molecule has 1 aliphatic heterocycles. The average molecular weight is 298 g/mol. The zero-order valence-corrected chi connectivity index (χ0v) is 13.0. The molecular weight excluding hydrogens is 276 g/mol. The summed E-state index contributed by atoms with van der Waals surface area (Å²) in [6, 6.07) is 10.5. The van der Waals surface area contributed by atoms with Crippen LogP contribution in [0.3, 0.4) is 0 Å². The molecule has 0 atom stereocenters. The second kappa shape index (κ2) is 5.88. The van der Waals surface area contributed by atoms with Crippen LogP contribution in [0, 0.1) is 11.3 Å². The van der Waals surface area contributed by atoms with Crippen LogP contribution in [0.15, 0.2) is 24.3 Å². The number of amides is 1. The summed E-state index contributed by atoms with van der Waals surface area (Å²) in [6.07, 6.45) is 3.58. The molecule has 22 heavy (non-hydrogen) atoms. The van der Waals surface area contributed by atoms with E-state index in [4.69, 9.17) is 0 Å². The minimum Gasteiger partial charge on any atom is -0.371 e. The molecule has 1 amide bonds. The minimum absolute atomic E-state index is 0.0530. The van der Waals surface area contributed by atoms with Crippen molar-refractivity contribution in [1.29, 1.82) is 5.26 Å². The lowest BCUT2D eigenvalue weighted by molar-refractivity contribution is -0.121. The smallest absolute Gasteiger partial charge is 0.240 e. The molecule has 1 aromatic carbocycles. The van der Waals surface area contributed by atoms with E-state index in [-0.39, 0.29) is 5.91 Å². The zero-order chi connectivity index (χ0) is 15.6. The van der Waals surface area contributed by atoms with E-state index in [1.165, 1.54) is 0 Å². The fourth-order valence-corrected chi connectivity index (χ4v) is 3.45. The topological polar surface area (TPSA) is 59.4 Å². The Hall–Kier alpha value is -2.22. The first kappa shape index (κ1) is 14.7. The summed E-state index contributed by atoms with van der Waals surface area (Å²) < 4.78 is 0. The summed E-state index contributed by atoms with van der Waals surface area (Å²) in [6.45, 7) is 2.03. The van der Waals surface area contributed by atoms with Gasteiger partial charge in [0.05, 0.1) is 24.0 Å². The van der Waals surface area contributed by atoms with Crippen molar-refractivity contribution in [2.24, 2.45) is 0 Å². The lowest BCUT2D eigenvalue weighted by atomic mass is 10.00. The van der Waals surface area contributed by atoms with Crippen LogP contribution in [0.1, 0.15) is 25.7 Å². The zero-order valence-electron chi connectivity index (χ0n) is 13.0. The third-order valence-corrected chi connectivity index (χ3v) is 4.72. The molecule has 5 heteroatoms. The van der Waals surface area contributed by atoms with Gasteiger partial charge in [-0.05, 0) is 37.8 Å². The summed E-state index contributed by atoms with van der Waals surface area (Å²) in [5.41, 5.74) is 1.60. The number of anilines is 2. The van der Waals surface area contributed by atoms with E-state index in [1.807, 2.05) is 18.2 Å². The van der Waals surface area contributed by atoms with Crippen LogP contribution in [-0.4, -0.2) is 38.1 Å². The number of nitriles is 1. The lowest BCUT2D eigenvalue weighted by Crippen LogP contribution is -2.51. The molecule has 1 heterocycles. The number of nitrogens with zero attached hydrogens (tertiary/aromatic N) is 3. The fourth-order valence-electron chi connectivity index (χ4n) is 3.45. The van der Waals surface area contributed by atoms with E-state index < -0.39 is 5.54 Å². The van der Waals surface area contributed by atoms with Gasteiger partial charge >= 0.3 is 0 Å². The molecule has 5 nitrogen and oxygen atoms in total. The van der Waals surface area contributed by atoms with Gasteiger partial charge in [-0.2, -0.15) is 5.26 Å². The van der Waals surface area contributed by atoms with Crippen molar-refractivity contribution in [2.45, 2.75) is 31.2 Å². The number of carbonyl (C=O) groups is 1. The van der Waals surface area contributed by atoms with Crippen molar-refractivity contribution < 1.29 is 4.79 Å². The Morgan fingerprint density at radius 2 is 1.95 bits per heavy atom. The van der Waals surface area contributed by atoms with Crippen LogP contribution in [0.5, 0.6) is 0 Å². The summed E-state index contributed by atoms with van der Waals surface area (Å²) in [4.78, 5) is 16.7. The van der Waals surface area contributed by atoms with Gasteiger partial charge in [0.25, 0.3) is 0 Å². The number of rotatable bonds is 3. The molecule has 116 valence electrons. The van der Waals surface area contributed by atoms with Gasteiger partial charge < -0.3 is 15.1 Å². The van der Waals surface area contributed by atoms with Crippen LogP contribution < -0.4 is 15.1 Å². The molecule has 1 aliphatic carbocycles. The molecule has 0 bridgehead atoms. The Morgan fingerprint density at radius 3 is 2.64 bits per heavy atom. The van der Waals surface area contributed by atoms with Crippen molar-refractivity contribution in [3.8, 4) is 6.07 Å². The fraction of sp³-hybridized carbons (Fsp3) is 0.529. The van der Waals surface area contributed by atoms with Crippen LogP contribution >= 0.6 is 0 Å². The molecule has 0 aromatic heterocycles. The second-order valence-corrected chi connectivity index (χ2v) is 6.28. The second-order valence-electron chi connectivity index (χ2n) is 6.28. The number of benzene rings is 1. The standard InChI is InChI=1S/C17H22N4O/c1-20-10-11-21(15-7-3-2-6-14(15)20)12-16(22)19-17(13-18)8-4-5-9-17/h2-3,6-7H,4-5,8-12H2,1H3,(H,19,22). The number of nitrogens with one attached hydrogen (secondary N) is 1. The first-order valence-electron chi connectivity index (χ1n) is 7.91. The first-order valence-corrected chi connectivity index (χ1v) is 7.91. The lowest BCUT2D eigenvalue weighted by Gasteiger charge is -2.37. The molecule has 0 unspecified atom stereocenters. The molecule has 0 saturated heterocycles. The molecule has 1 saturated carbocycles. The van der Waals surface area contributed by atoms with E-state index >= 15 is 0 Å². The highest BCUT2D eigenvalue weighted by Gasteiger charge is 2.35. The Kier molecular flexibility index (Phi) is 3.93. The highest BCUT2D eigenvalue weighted by atomic mass is 16.2. The van der Waals surface area contributed by atoms with E-state index in [0.717, 1.165) is 50.1 Å². The molecular formula is C17H22N4O. The van der Waals surface area contributed by atoms with Crippen LogP contribution in [0.4, 0.5) is 11.4 Å². The number of para-hydroxylation sites is 2. The Morgan fingerprint density at radius 1 is 1.27 bits per heavy atom. The van der Waals surface area contributed by atoms with Crippen molar-refractivity contribution in [2.75, 3.05) is 36.5 Å². The quantitative estimate of drug-likeness (QED) is 0.926. The molecule has 0 spiro atoms. The first-order chi connectivity index (χ1) is 10.6. The van der Waals surface area contributed by atoms with Gasteiger partial charge in [-0.1, -0.05) is 12.1 Å². The predicted molar refractivity (Wildman–Crippen MR) is 86.9 cm³/mol. The highest BCUT2D eigenvalue weighted by Crippen LogP contribution is 2.32. The molecule has 2 aliphatic rings. The van der Waals surface area contributed by atoms with Gasteiger partial charge in [0.15, 0.2) is 0 Å². The van der Waals surface area contributed by atoms with E-state index in [1.54, 1.807) is 0 Å². The third-order valence-electron chi connectivity index (χ3n) is 4.72. The number of likely N-dealkylation sites (N-methyl/N-ethyl adjacent to an activating group) is 1. The molecule has 1 N–H and O–H groups in total. The van der Waals surface area contributed by atoms with Crippen molar-refractivity contribution in [3.05, 3.63) is 24.3 Å². The predicted octanol–water partition coefficient (Wildman–Crippen LogP) is 1.90. The van der Waals surface area contributed by atoms with E-state index in [2.05, 4.69) is 34.3 Å². The van der Waals surface area contributed by atoms with E-state index in [0.29, 0.717) is 6.54 Å². The van der Waals surface area contributed by atoms with Crippen LogP contribution in [0.2, 0.25) is 0 Å². The van der Waals surface area contributed by atoms with Crippen LogP contribution in [0.25, 0.3) is 0 Å². The largest absolute Gasteiger partial charge is 0.371 e. The Balaban J connectivity index is 1.70. The summed E-state index contributed by atoms with van der Waals surface area (Å²) in [7, 11) is 2.07. The average Bonchev–Trinajstić information content (AvgIpc) is 2.99. The number of hydrogen-bond acceptors (Lipinski definition) is 4. The Labute approximate surface area is 131 Å². The maximum atomic E-state index is 12.4. The highest BCUT2D eigenvalue weighted by molar-refractivity contribution is 5.85.